The van der Waals surface area contributed by atoms with Gasteiger partial charge < -0.3 is 19.8 Å². The molecule has 4 aromatic carbocycles. The first kappa shape index (κ1) is 31.1. The monoisotopic (exact) mass is 659 g/mol. The number of pyridine rings is 1. The number of halogens is 2. The first-order valence-corrected chi connectivity index (χ1v) is 15.9. The van der Waals surface area contributed by atoms with Gasteiger partial charge in [0.25, 0.3) is 11.8 Å². The molecule has 0 aliphatic heterocycles. The van der Waals surface area contributed by atoms with Gasteiger partial charge in [-0.05, 0) is 115 Å². The van der Waals surface area contributed by atoms with Crippen molar-refractivity contribution in [2.24, 2.45) is 0 Å². The Labute approximate surface area is 281 Å². The molecule has 0 spiro atoms. The highest BCUT2D eigenvalue weighted by molar-refractivity contribution is 6.30. The second-order valence-electron chi connectivity index (χ2n) is 11.9. The Kier molecular flexibility index (Phi) is 8.19. The fourth-order valence-electron chi connectivity index (χ4n) is 5.95. The van der Waals surface area contributed by atoms with Crippen LogP contribution >= 0.6 is 11.6 Å². The number of aromatic nitrogens is 1. The van der Waals surface area contributed by atoms with Crippen LogP contribution in [0.4, 0.5) is 4.39 Å². The minimum atomic E-state index is -0.536. The van der Waals surface area contributed by atoms with Gasteiger partial charge in [-0.1, -0.05) is 35.9 Å². The first-order valence-electron chi connectivity index (χ1n) is 15.6. The maximum atomic E-state index is 14.1. The minimum Gasteiger partial charge on any atom is -0.488 e. The topological polar surface area (TPSA) is 93.5 Å². The van der Waals surface area contributed by atoms with Crippen molar-refractivity contribution in [1.29, 1.82) is 0 Å². The molecule has 2 aromatic heterocycles. The van der Waals surface area contributed by atoms with E-state index >= 15 is 0 Å². The number of hydrogen-bond acceptors (Lipinski definition) is 5. The normalized spacial score (nSPS) is 13.2. The van der Waals surface area contributed by atoms with E-state index in [-0.39, 0.29) is 24.2 Å². The minimum absolute atomic E-state index is 0.240. The number of ether oxygens (including phenoxy) is 1. The van der Waals surface area contributed by atoms with Crippen LogP contribution in [0.3, 0.4) is 0 Å². The average molecular weight is 660 g/mol. The van der Waals surface area contributed by atoms with Crippen molar-refractivity contribution in [3.05, 3.63) is 142 Å². The van der Waals surface area contributed by atoms with Gasteiger partial charge in [-0.2, -0.15) is 0 Å². The number of fused-ring (bicyclic) bond motifs is 1. The Morgan fingerprint density at radius 2 is 1.69 bits per heavy atom. The molecular weight excluding hydrogens is 629 g/mol. The molecular formula is C39H31ClFN3O4. The molecule has 6 aromatic rings. The van der Waals surface area contributed by atoms with Crippen molar-refractivity contribution in [2.45, 2.75) is 31.9 Å². The summed E-state index contributed by atoms with van der Waals surface area (Å²) >= 11 is 6.08. The molecule has 0 saturated heterocycles. The Hall–Kier alpha value is -5.47. The molecule has 2 N–H and O–H groups in total. The summed E-state index contributed by atoms with van der Waals surface area (Å²) in [6, 6.07) is 28.1. The maximum absolute atomic E-state index is 14.1. The number of rotatable bonds is 9. The van der Waals surface area contributed by atoms with Crippen LogP contribution in [-0.4, -0.2) is 23.8 Å². The molecule has 9 heteroatoms. The van der Waals surface area contributed by atoms with Gasteiger partial charge in [-0.3, -0.25) is 14.6 Å². The molecule has 7 nitrogen and oxygen atoms in total. The van der Waals surface area contributed by atoms with E-state index in [0.717, 1.165) is 40.8 Å². The number of carbonyl (C=O) groups excluding carboxylic acids is 2. The molecule has 48 heavy (non-hydrogen) atoms. The van der Waals surface area contributed by atoms with Crippen LogP contribution < -0.4 is 15.4 Å². The summed E-state index contributed by atoms with van der Waals surface area (Å²) in [5, 5.41) is 7.15. The maximum Gasteiger partial charge on any atom is 0.255 e. The number of hydrogen-bond donors (Lipinski definition) is 2. The van der Waals surface area contributed by atoms with Crippen molar-refractivity contribution < 1.29 is 23.1 Å². The second kappa shape index (κ2) is 12.6. The zero-order chi connectivity index (χ0) is 33.4. The third-order valence-corrected chi connectivity index (χ3v) is 8.95. The van der Waals surface area contributed by atoms with Crippen LogP contribution in [0, 0.1) is 12.7 Å². The van der Waals surface area contributed by atoms with E-state index in [1.54, 1.807) is 43.6 Å². The van der Waals surface area contributed by atoms with Crippen LogP contribution in [0.1, 0.15) is 50.4 Å². The molecule has 1 fully saturated rings. The third kappa shape index (κ3) is 6.02. The van der Waals surface area contributed by atoms with Gasteiger partial charge in [0.05, 0.1) is 22.4 Å². The molecule has 1 aliphatic carbocycles. The highest BCUT2D eigenvalue weighted by Gasteiger charge is 2.47. The highest BCUT2D eigenvalue weighted by Crippen LogP contribution is 2.45. The number of nitrogens with one attached hydrogen (secondary N) is 2. The van der Waals surface area contributed by atoms with Gasteiger partial charge in [0.15, 0.2) is 0 Å². The molecule has 0 atom stereocenters. The summed E-state index contributed by atoms with van der Waals surface area (Å²) in [7, 11) is 1.55. The summed E-state index contributed by atoms with van der Waals surface area (Å²) in [6.45, 7) is 2.19. The van der Waals surface area contributed by atoms with Gasteiger partial charge >= 0.3 is 0 Å². The van der Waals surface area contributed by atoms with E-state index in [2.05, 4.69) is 15.6 Å². The predicted molar refractivity (Wildman–Crippen MR) is 184 cm³/mol. The summed E-state index contributed by atoms with van der Waals surface area (Å²) in [6.07, 6.45) is 3.29. The number of aryl methyl sites for hydroxylation is 1. The Morgan fingerprint density at radius 1 is 0.938 bits per heavy atom. The lowest BCUT2D eigenvalue weighted by Gasteiger charge is -2.20. The van der Waals surface area contributed by atoms with E-state index < -0.39 is 5.54 Å². The number of nitrogens with zero attached hydrogens (tertiary/aromatic N) is 1. The summed E-state index contributed by atoms with van der Waals surface area (Å²) < 4.78 is 26.1. The molecule has 0 bridgehead atoms. The van der Waals surface area contributed by atoms with E-state index in [0.29, 0.717) is 44.2 Å². The van der Waals surface area contributed by atoms with Crippen LogP contribution in [0.15, 0.2) is 108 Å². The third-order valence-electron chi connectivity index (χ3n) is 8.70. The molecule has 0 radical (unpaired) electrons. The standard InChI is InChI=1S/C39H31ClFN3O4/c1-23-19-33(47-22-24-6-11-27(40)12-7-24)31(37(45)44-39(16-17-39)34-5-3-4-18-43-34)21-29(23)26-10-15-32-30(20-26)35(38(46)42-2)36(48-32)25-8-13-28(41)14-9-25/h3-15,18-21H,16-17,22H2,1-2H3,(H,42,46)(H,44,45). The Balaban J connectivity index is 1.31. The largest absolute Gasteiger partial charge is 0.488 e. The van der Waals surface area contributed by atoms with Crippen molar-refractivity contribution in [3.63, 3.8) is 0 Å². The van der Waals surface area contributed by atoms with Crippen LogP contribution in [0.5, 0.6) is 5.75 Å². The molecule has 2 amide bonds. The van der Waals surface area contributed by atoms with Crippen molar-refractivity contribution in [3.8, 4) is 28.2 Å². The lowest BCUT2D eigenvalue weighted by atomic mass is 9.94. The predicted octanol–water partition coefficient (Wildman–Crippen LogP) is 8.62. The van der Waals surface area contributed by atoms with Crippen molar-refractivity contribution in [1.82, 2.24) is 15.6 Å². The van der Waals surface area contributed by atoms with Gasteiger partial charge in [-0.25, -0.2) is 4.39 Å². The highest BCUT2D eigenvalue weighted by atomic mass is 35.5. The fourth-order valence-corrected chi connectivity index (χ4v) is 6.08. The van der Waals surface area contributed by atoms with Crippen LogP contribution in [-0.2, 0) is 12.1 Å². The molecule has 0 unspecified atom stereocenters. The molecule has 2 heterocycles. The molecule has 7 rings (SSSR count). The number of benzene rings is 4. The molecule has 1 aliphatic rings. The Morgan fingerprint density at radius 3 is 2.38 bits per heavy atom. The second-order valence-corrected chi connectivity index (χ2v) is 12.4. The quantitative estimate of drug-likeness (QED) is 0.162. The van der Waals surface area contributed by atoms with Crippen LogP contribution in [0.25, 0.3) is 33.4 Å². The number of amides is 2. The lowest BCUT2D eigenvalue weighted by molar-refractivity contribution is 0.0923. The van der Waals surface area contributed by atoms with E-state index in [1.807, 2.05) is 61.5 Å². The van der Waals surface area contributed by atoms with E-state index in [1.165, 1.54) is 12.1 Å². The smallest absolute Gasteiger partial charge is 0.255 e. The lowest BCUT2D eigenvalue weighted by Crippen LogP contribution is -2.35. The van der Waals surface area contributed by atoms with E-state index in [9.17, 15) is 14.0 Å². The summed E-state index contributed by atoms with van der Waals surface area (Å²) in [5.74, 6) is -0.220. The first-order chi connectivity index (χ1) is 23.2. The SMILES string of the molecule is CNC(=O)c1c(-c2ccc(F)cc2)oc2ccc(-c3cc(C(=O)NC4(c5ccccn5)CC4)c(OCc4ccc(Cl)cc4)cc3C)cc12. The fraction of sp³-hybridized carbons (Fsp3) is 0.154. The van der Waals surface area contributed by atoms with Crippen molar-refractivity contribution >= 4 is 34.4 Å². The van der Waals surface area contributed by atoms with Gasteiger partial charge in [0, 0.05) is 29.2 Å². The van der Waals surface area contributed by atoms with E-state index in [4.69, 9.17) is 20.8 Å². The van der Waals surface area contributed by atoms with Gasteiger partial charge in [0.2, 0.25) is 0 Å². The number of furan rings is 1. The molecule has 1 saturated carbocycles. The van der Waals surface area contributed by atoms with Gasteiger partial charge in [-0.15, -0.1) is 0 Å². The zero-order valence-corrected chi connectivity index (χ0v) is 27.0. The summed E-state index contributed by atoms with van der Waals surface area (Å²) in [4.78, 5) is 31.8. The molecule has 240 valence electrons. The summed E-state index contributed by atoms with van der Waals surface area (Å²) in [5.41, 5.74) is 5.41. The van der Waals surface area contributed by atoms with Crippen molar-refractivity contribution in [2.75, 3.05) is 7.05 Å². The van der Waals surface area contributed by atoms with Crippen LogP contribution in [0.2, 0.25) is 5.02 Å². The average Bonchev–Trinajstić information content (AvgIpc) is 3.79. The van der Waals surface area contributed by atoms with Gasteiger partial charge in [0.1, 0.15) is 29.5 Å². The number of carbonyl (C=O) groups is 2. The Bertz CT molecular complexity index is 2160. The zero-order valence-electron chi connectivity index (χ0n) is 26.3.